The lowest BCUT2D eigenvalue weighted by atomic mass is 9.80. The third-order valence-electron chi connectivity index (χ3n) is 3.45. The molecule has 0 unspecified atom stereocenters. The number of ether oxygens (including phenoxy) is 1. The summed E-state index contributed by atoms with van der Waals surface area (Å²) in [5.74, 6) is -0.690. The predicted octanol–water partition coefficient (Wildman–Crippen LogP) is 0.394. The van der Waals surface area contributed by atoms with E-state index in [0.717, 1.165) is 12.8 Å². The van der Waals surface area contributed by atoms with Crippen LogP contribution in [0.15, 0.2) is 0 Å². The molecule has 1 amide bonds. The molecule has 0 radical (unpaired) electrons. The van der Waals surface area contributed by atoms with Gasteiger partial charge in [0.1, 0.15) is 0 Å². The molecule has 16 heavy (non-hydrogen) atoms. The van der Waals surface area contributed by atoms with Gasteiger partial charge >= 0.3 is 5.97 Å². The Kier molecular flexibility index (Phi) is 3.14. The lowest BCUT2D eigenvalue weighted by Gasteiger charge is -2.33. The molecule has 0 aromatic heterocycles. The molecule has 1 saturated heterocycles. The van der Waals surface area contributed by atoms with Crippen LogP contribution in [0, 0.1) is 11.3 Å². The molecule has 1 saturated carbocycles. The van der Waals surface area contributed by atoms with Gasteiger partial charge in [-0.3, -0.25) is 9.59 Å². The molecule has 2 rings (SSSR count). The second kappa shape index (κ2) is 4.41. The zero-order chi connectivity index (χ0) is 11.6. The molecule has 1 heterocycles. The highest BCUT2D eigenvalue weighted by Gasteiger charge is 2.41. The monoisotopic (exact) mass is 227 g/mol. The Morgan fingerprint density at radius 3 is 2.44 bits per heavy atom. The van der Waals surface area contributed by atoms with Crippen LogP contribution in [-0.4, -0.2) is 36.7 Å². The second-order valence-electron chi connectivity index (χ2n) is 4.69. The van der Waals surface area contributed by atoms with Crippen molar-refractivity contribution in [3.8, 4) is 0 Å². The van der Waals surface area contributed by atoms with Gasteiger partial charge in [0.15, 0.2) is 0 Å². The van der Waals surface area contributed by atoms with E-state index in [-0.39, 0.29) is 18.4 Å². The van der Waals surface area contributed by atoms with Crippen molar-refractivity contribution in [1.82, 2.24) is 5.32 Å². The Balaban J connectivity index is 1.91. The molecule has 5 nitrogen and oxygen atoms in total. The van der Waals surface area contributed by atoms with Gasteiger partial charge in [0.2, 0.25) is 5.91 Å². The van der Waals surface area contributed by atoms with Gasteiger partial charge in [-0.25, -0.2) is 0 Å². The minimum absolute atomic E-state index is 0.00659. The number of carboxylic acids is 1. The van der Waals surface area contributed by atoms with Crippen LogP contribution < -0.4 is 5.32 Å². The number of amides is 1. The summed E-state index contributed by atoms with van der Waals surface area (Å²) in [4.78, 5) is 22.7. The van der Waals surface area contributed by atoms with Gasteiger partial charge < -0.3 is 15.2 Å². The Bertz CT molecular complexity index is 292. The first-order chi connectivity index (χ1) is 7.64. The van der Waals surface area contributed by atoms with E-state index in [2.05, 4.69) is 5.32 Å². The summed E-state index contributed by atoms with van der Waals surface area (Å²) in [7, 11) is 0. The van der Waals surface area contributed by atoms with Crippen molar-refractivity contribution in [2.45, 2.75) is 25.7 Å². The number of aliphatic carboxylic acids is 1. The Hall–Kier alpha value is -1.10. The van der Waals surface area contributed by atoms with Crippen molar-refractivity contribution >= 4 is 11.9 Å². The van der Waals surface area contributed by atoms with E-state index >= 15 is 0 Å². The molecule has 2 fully saturated rings. The first-order valence-electron chi connectivity index (χ1n) is 5.73. The lowest BCUT2D eigenvalue weighted by molar-refractivity contribution is -0.154. The third-order valence-corrected chi connectivity index (χ3v) is 3.45. The highest BCUT2D eigenvalue weighted by molar-refractivity contribution is 5.82. The molecule has 2 N–H and O–H groups in total. The molecule has 2 aliphatic rings. The van der Waals surface area contributed by atoms with Gasteiger partial charge in [-0.15, -0.1) is 0 Å². The summed E-state index contributed by atoms with van der Waals surface area (Å²) in [5.41, 5.74) is -0.817. The number of nitrogens with one attached hydrogen (secondary N) is 1. The average Bonchev–Trinajstić information content (AvgIpc) is 3.11. The zero-order valence-electron chi connectivity index (χ0n) is 9.20. The van der Waals surface area contributed by atoms with Crippen LogP contribution in [0.1, 0.15) is 25.7 Å². The maximum atomic E-state index is 11.5. The van der Waals surface area contributed by atoms with Crippen LogP contribution in [0.3, 0.4) is 0 Å². The van der Waals surface area contributed by atoms with Gasteiger partial charge in [-0.2, -0.15) is 0 Å². The topological polar surface area (TPSA) is 75.6 Å². The van der Waals surface area contributed by atoms with E-state index < -0.39 is 11.4 Å². The van der Waals surface area contributed by atoms with Crippen molar-refractivity contribution in [1.29, 1.82) is 0 Å². The van der Waals surface area contributed by atoms with Gasteiger partial charge in [0.05, 0.1) is 5.41 Å². The standard InChI is InChI=1S/C11H17NO4/c13-9(8-1-2-8)12-7-11(10(14)15)3-5-16-6-4-11/h8H,1-7H2,(H,12,13)(H,14,15). The highest BCUT2D eigenvalue weighted by atomic mass is 16.5. The fourth-order valence-electron chi connectivity index (χ4n) is 1.97. The van der Waals surface area contributed by atoms with Crippen molar-refractivity contribution in [2.24, 2.45) is 11.3 Å². The molecule has 0 spiro atoms. The summed E-state index contributed by atoms with van der Waals surface area (Å²) in [6, 6.07) is 0. The summed E-state index contributed by atoms with van der Waals surface area (Å²) >= 11 is 0. The molecule has 5 heteroatoms. The number of hydrogen-bond donors (Lipinski definition) is 2. The SMILES string of the molecule is O=C(NCC1(C(=O)O)CCOCC1)C1CC1. The summed E-state index contributed by atoms with van der Waals surface area (Å²) in [6.45, 7) is 1.16. The number of carbonyl (C=O) groups excluding carboxylic acids is 1. The number of hydrogen-bond acceptors (Lipinski definition) is 3. The highest BCUT2D eigenvalue weighted by Crippen LogP contribution is 2.32. The summed E-state index contributed by atoms with van der Waals surface area (Å²) in [5, 5.41) is 12.0. The Morgan fingerprint density at radius 2 is 1.94 bits per heavy atom. The average molecular weight is 227 g/mol. The van der Waals surface area contributed by atoms with E-state index in [1.54, 1.807) is 0 Å². The van der Waals surface area contributed by atoms with E-state index in [0.29, 0.717) is 26.1 Å². The maximum Gasteiger partial charge on any atom is 0.311 e. The second-order valence-corrected chi connectivity index (χ2v) is 4.69. The van der Waals surface area contributed by atoms with Gasteiger partial charge in [-0.1, -0.05) is 0 Å². The largest absolute Gasteiger partial charge is 0.481 e. The van der Waals surface area contributed by atoms with Crippen LogP contribution in [-0.2, 0) is 14.3 Å². The summed E-state index contributed by atoms with van der Waals surface area (Å²) < 4.78 is 5.17. The van der Waals surface area contributed by atoms with Crippen molar-refractivity contribution < 1.29 is 19.4 Å². The smallest absolute Gasteiger partial charge is 0.311 e. The third kappa shape index (κ3) is 2.35. The van der Waals surface area contributed by atoms with E-state index in [9.17, 15) is 14.7 Å². The molecule has 1 aliphatic heterocycles. The number of rotatable bonds is 4. The molecule has 0 aromatic rings. The zero-order valence-corrected chi connectivity index (χ0v) is 9.20. The molecule has 1 aliphatic carbocycles. The van der Waals surface area contributed by atoms with Crippen LogP contribution in [0.25, 0.3) is 0 Å². The number of carbonyl (C=O) groups is 2. The van der Waals surface area contributed by atoms with E-state index in [1.807, 2.05) is 0 Å². The van der Waals surface area contributed by atoms with Crippen molar-refractivity contribution in [3.63, 3.8) is 0 Å². The van der Waals surface area contributed by atoms with E-state index in [1.165, 1.54) is 0 Å². The van der Waals surface area contributed by atoms with Crippen LogP contribution in [0.5, 0.6) is 0 Å². The normalized spacial score (nSPS) is 23.8. The maximum absolute atomic E-state index is 11.5. The Morgan fingerprint density at radius 1 is 1.31 bits per heavy atom. The van der Waals surface area contributed by atoms with Crippen LogP contribution >= 0.6 is 0 Å². The molecule has 0 atom stereocenters. The fourth-order valence-corrected chi connectivity index (χ4v) is 1.97. The molecular formula is C11H17NO4. The molecule has 0 bridgehead atoms. The lowest BCUT2D eigenvalue weighted by Crippen LogP contribution is -2.46. The van der Waals surface area contributed by atoms with E-state index in [4.69, 9.17) is 4.74 Å². The van der Waals surface area contributed by atoms with Gasteiger partial charge in [-0.05, 0) is 25.7 Å². The Labute approximate surface area is 94.2 Å². The first-order valence-corrected chi connectivity index (χ1v) is 5.73. The van der Waals surface area contributed by atoms with Gasteiger partial charge in [0, 0.05) is 25.7 Å². The van der Waals surface area contributed by atoms with Crippen LogP contribution in [0.2, 0.25) is 0 Å². The van der Waals surface area contributed by atoms with Crippen molar-refractivity contribution in [2.75, 3.05) is 19.8 Å². The summed E-state index contributed by atoms with van der Waals surface area (Å²) in [6.07, 6.45) is 2.84. The molecular weight excluding hydrogens is 210 g/mol. The predicted molar refractivity (Wildman–Crippen MR) is 55.9 cm³/mol. The van der Waals surface area contributed by atoms with Gasteiger partial charge in [0.25, 0.3) is 0 Å². The molecule has 90 valence electrons. The van der Waals surface area contributed by atoms with Crippen LogP contribution in [0.4, 0.5) is 0 Å². The van der Waals surface area contributed by atoms with Crippen molar-refractivity contribution in [3.05, 3.63) is 0 Å². The molecule has 0 aromatic carbocycles. The number of carboxylic acid groups (broad SMARTS) is 1. The quantitative estimate of drug-likeness (QED) is 0.728. The fraction of sp³-hybridized carbons (Fsp3) is 0.818. The first kappa shape index (κ1) is 11.4. The minimum Gasteiger partial charge on any atom is -0.481 e. The minimum atomic E-state index is -0.827.